The van der Waals surface area contributed by atoms with Gasteiger partial charge in [-0.25, -0.2) is 8.42 Å². The Morgan fingerprint density at radius 3 is 2.64 bits per heavy atom. The van der Waals surface area contributed by atoms with Crippen molar-refractivity contribution in [2.24, 2.45) is 0 Å². The van der Waals surface area contributed by atoms with E-state index in [1.807, 2.05) is 6.92 Å². The Morgan fingerprint density at radius 2 is 2.00 bits per heavy atom. The Labute approximate surface area is 164 Å². The Kier molecular flexibility index (Phi) is 6.11. The third kappa shape index (κ3) is 4.23. The van der Waals surface area contributed by atoms with Gasteiger partial charge in [-0.1, -0.05) is 18.1 Å². The fraction of sp³-hybridized carbons (Fsp3) is 0.500. The summed E-state index contributed by atoms with van der Waals surface area (Å²) in [6.45, 7) is 5.11. The first-order chi connectivity index (χ1) is 13.3. The molecule has 1 aromatic heterocycles. The molecule has 0 unspecified atom stereocenters. The molecule has 1 fully saturated rings. The number of hydrogen-bond acceptors (Lipinski definition) is 7. The van der Waals surface area contributed by atoms with E-state index in [4.69, 9.17) is 9.26 Å². The molecule has 2 aromatic rings. The number of aromatic nitrogens is 2. The van der Waals surface area contributed by atoms with E-state index in [1.165, 1.54) is 15.3 Å². The van der Waals surface area contributed by atoms with Crippen LogP contribution in [0.15, 0.2) is 27.6 Å². The number of hydrogen-bond donors (Lipinski definition) is 0. The molecule has 1 aliphatic rings. The van der Waals surface area contributed by atoms with Crippen LogP contribution in [0.1, 0.15) is 34.6 Å². The number of aryl methyl sites for hydroxylation is 2. The molecule has 0 saturated carbocycles. The summed E-state index contributed by atoms with van der Waals surface area (Å²) in [6, 6.07) is 4.71. The largest absolute Gasteiger partial charge is 0.379 e. The zero-order valence-corrected chi connectivity index (χ0v) is 17.0. The van der Waals surface area contributed by atoms with Crippen LogP contribution in [0.3, 0.4) is 0 Å². The van der Waals surface area contributed by atoms with Crippen molar-refractivity contribution in [1.82, 2.24) is 19.3 Å². The van der Waals surface area contributed by atoms with Crippen molar-refractivity contribution in [3.8, 4) is 0 Å². The summed E-state index contributed by atoms with van der Waals surface area (Å²) in [5.41, 5.74) is 0.880. The molecular weight excluding hydrogens is 384 g/mol. The maximum atomic E-state index is 13.0. The number of benzene rings is 1. The van der Waals surface area contributed by atoms with Crippen molar-refractivity contribution in [1.29, 1.82) is 0 Å². The van der Waals surface area contributed by atoms with E-state index in [2.05, 4.69) is 10.1 Å². The lowest BCUT2D eigenvalue weighted by molar-refractivity contribution is 0.0729. The van der Waals surface area contributed by atoms with Gasteiger partial charge in [-0.05, 0) is 24.6 Å². The van der Waals surface area contributed by atoms with Crippen LogP contribution in [0.25, 0.3) is 0 Å². The van der Waals surface area contributed by atoms with Crippen molar-refractivity contribution in [3.63, 3.8) is 0 Å². The summed E-state index contributed by atoms with van der Waals surface area (Å²) in [5.74, 6) is 0.584. The van der Waals surface area contributed by atoms with Crippen molar-refractivity contribution < 1.29 is 22.5 Å². The monoisotopic (exact) mass is 408 g/mol. The third-order valence-corrected chi connectivity index (χ3v) is 6.61. The molecule has 1 saturated heterocycles. The van der Waals surface area contributed by atoms with Gasteiger partial charge >= 0.3 is 0 Å². The average Bonchev–Trinajstić information content (AvgIpc) is 3.16. The summed E-state index contributed by atoms with van der Waals surface area (Å²) in [5, 5.41) is 3.81. The van der Waals surface area contributed by atoms with Crippen molar-refractivity contribution in [2.45, 2.75) is 31.7 Å². The minimum atomic E-state index is -3.69. The molecule has 1 amide bonds. The highest BCUT2D eigenvalue weighted by atomic mass is 32.2. The molecule has 1 aliphatic heterocycles. The smallest absolute Gasteiger partial charge is 0.254 e. The molecule has 152 valence electrons. The van der Waals surface area contributed by atoms with Crippen LogP contribution >= 0.6 is 0 Å². The number of ether oxygens (including phenoxy) is 1. The fourth-order valence-electron chi connectivity index (χ4n) is 2.93. The molecule has 28 heavy (non-hydrogen) atoms. The lowest BCUT2D eigenvalue weighted by Crippen LogP contribution is -2.41. The first-order valence-electron chi connectivity index (χ1n) is 9.08. The second kappa shape index (κ2) is 8.38. The Morgan fingerprint density at radius 1 is 1.29 bits per heavy atom. The molecule has 0 spiro atoms. The van der Waals surface area contributed by atoms with Gasteiger partial charge in [0.2, 0.25) is 15.9 Å². The number of sulfonamides is 1. The van der Waals surface area contributed by atoms with Gasteiger partial charge in [-0.2, -0.15) is 9.29 Å². The zero-order chi connectivity index (χ0) is 20.3. The SMILES string of the molecule is CCc1noc(CN(C)C(=O)c2ccc(C)c(S(=O)(=O)N3CCOCC3)c2)n1. The van der Waals surface area contributed by atoms with Gasteiger partial charge in [-0.3, -0.25) is 4.79 Å². The van der Waals surface area contributed by atoms with Crippen LogP contribution in [0.2, 0.25) is 0 Å². The van der Waals surface area contributed by atoms with E-state index >= 15 is 0 Å². The first-order valence-corrected chi connectivity index (χ1v) is 10.5. The van der Waals surface area contributed by atoms with Gasteiger partial charge in [0.1, 0.15) is 0 Å². The molecule has 1 aromatic carbocycles. The maximum Gasteiger partial charge on any atom is 0.254 e. The van der Waals surface area contributed by atoms with E-state index in [1.54, 1.807) is 26.1 Å². The molecule has 2 heterocycles. The molecule has 0 aliphatic carbocycles. The number of nitrogens with zero attached hydrogens (tertiary/aromatic N) is 4. The molecular formula is C18H24N4O5S. The van der Waals surface area contributed by atoms with E-state index < -0.39 is 10.0 Å². The highest BCUT2D eigenvalue weighted by Crippen LogP contribution is 2.23. The average molecular weight is 408 g/mol. The van der Waals surface area contributed by atoms with Gasteiger partial charge in [-0.15, -0.1) is 0 Å². The van der Waals surface area contributed by atoms with E-state index in [9.17, 15) is 13.2 Å². The highest BCUT2D eigenvalue weighted by molar-refractivity contribution is 7.89. The Hall–Kier alpha value is -2.30. The normalized spacial score (nSPS) is 15.5. The predicted octanol–water partition coefficient (Wildman–Crippen LogP) is 1.23. The summed E-state index contributed by atoms with van der Waals surface area (Å²) < 4.78 is 37.7. The van der Waals surface area contributed by atoms with Gasteiger partial charge < -0.3 is 14.2 Å². The fourth-order valence-corrected chi connectivity index (χ4v) is 4.59. The number of rotatable bonds is 6. The van der Waals surface area contributed by atoms with Crippen LogP contribution in [-0.2, 0) is 27.7 Å². The van der Waals surface area contributed by atoms with Crippen molar-refractivity contribution in [2.75, 3.05) is 33.4 Å². The van der Waals surface area contributed by atoms with Gasteiger partial charge in [0.15, 0.2) is 5.82 Å². The van der Waals surface area contributed by atoms with E-state index in [0.717, 1.165) is 0 Å². The van der Waals surface area contributed by atoms with Gasteiger partial charge in [0.25, 0.3) is 5.91 Å². The molecule has 0 bridgehead atoms. The number of morpholine rings is 1. The predicted molar refractivity (Wildman–Crippen MR) is 100 cm³/mol. The second-order valence-electron chi connectivity index (χ2n) is 6.62. The lowest BCUT2D eigenvalue weighted by Gasteiger charge is -2.27. The third-order valence-electron chi connectivity index (χ3n) is 4.57. The van der Waals surface area contributed by atoms with Crippen LogP contribution in [-0.4, -0.2) is 67.0 Å². The highest BCUT2D eigenvalue weighted by Gasteiger charge is 2.29. The van der Waals surface area contributed by atoms with Gasteiger partial charge in [0, 0.05) is 32.1 Å². The van der Waals surface area contributed by atoms with Crippen molar-refractivity contribution in [3.05, 3.63) is 41.0 Å². The van der Waals surface area contributed by atoms with Gasteiger partial charge in [0.05, 0.1) is 24.7 Å². The van der Waals surface area contributed by atoms with Crippen molar-refractivity contribution >= 4 is 15.9 Å². The topological polar surface area (TPSA) is 106 Å². The molecule has 0 atom stereocenters. The van der Waals surface area contributed by atoms with E-state index in [-0.39, 0.29) is 22.9 Å². The molecule has 0 radical (unpaired) electrons. The molecule has 9 nitrogen and oxygen atoms in total. The van der Waals surface area contributed by atoms with E-state index in [0.29, 0.717) is 50.0 Å². The van der Waals surface area contributed by atoms with Crippen LogP contribution in [0.4, 0.5) is 0 Å². The zero-order valence-electron chi connectivity index (χ0n) is 16.2. The Bertz CT molecular complexity index is 951. The quantitative estimate of drug-likeness (QED) is 0.708. The molecule has 0 N–H and O–H groups in total. The summed E-state index contributed by atoms with van der Waals surface area (Å²) in [4.78, 5) is 18.5. The number of amides is 1. The number of carbonyl (C=O) groups is 1. The maximum absolute atomic E-state index is 13.0. The summed E-state index contributed by atoms with van der Waals surface area (Å²) >= 11 is 0. The van der Waals surface area contributed by atoms with Crippen LogP contribution in [0.5, 0.6) is 0 Å². The number of carbonyl (C=O) groups excluding carboxylic acids is 1. The summed E-state index contributed by atoms with van der Waals surface area (Å²) in [6.07, 6.45) is 0.641. The minimum Gasteiger partial charge on any atom is -0.379 e. The van der Waals surface area contributed by atoms with Crippen LogP contribution < -0.4 is 0 Å². The second-order valence-corrected chi connectivity index (χ2v) is 8.52. The first kappa shape index (κ1) is 20.4. The molecule has 10 heteroatoms. The van der Waals surface area contributed by atoms with Crippen LogP contribution in [0, 0.1) is 6.92 Å². The molecule has 3 rings (SSSR count). The summed E-state index contributed by atoms with van der Waals surface area (Å²) in [7, 11) is -2.09. The lowest BCUT2D eigenvalue weighted by atomic mass is 10.1. The minimum absolute atomic E-state index is 0.139. The Balaban J connectivity index is 1.82. The standard InChI is InChI=1S/C18H24N4O5S/c1-4-16-19-17(27-20-16)12-21(3)18(23)14-6-5-13(2)15(11-14)28(24,25)22-7-9-26-10-8-22/h5-6,11H,4,7-10,12H2,1-3H3.